The van der Waals surface area contributed by atoms with E-state index in [1.165, 1.54) is 5.56 Å². The van der Waals surface area contributed by atoms with E-state index in [0.717, 1.165) is 36.1 Å². The summed E-state index contributed by atoms with van der Waals surface area (Å²) in [6, 6.07) is 8.00. The van der Waals surface area contributed by atoms with Crippen LogP contribution < -0.4 is 10.1 Å². The van der Waals surface area contributed by atoms with E-state index in [9.17, 15) is 4.79 Å². The molecule has 1 N–H and O–H groups in total. The van der Waals surface area contributed by atoms with Crippen molar-refractivity contribution in [2.24, 2.45) is 4.99 Å². The molecule has 0 unspecified atom stereocenters. The van der Waals surface area contributed by atoms with E-state index in [0.29, 0.717) is 13.0 Å². The topological polar surface area (TPSA) is 50.7 Å². The fourth-order valence-corrected chi connectivity index (χ4v) is 2.62. The summed E-state index contributed by atoms with van der Waals surface area (Å²) >= 11 is 1.61. The fraction of sp³-hybridized carbons (Fsp3) is 0.467. The minimum absolute atomic E-state index is 0.0497. The third-order valence-corrected chi connectivity index (χ3v) is 3.78. The minimum atomic E-state index is 0.0497. The van der Waals surface area contributed by atoms with E-state index < -0.39 is 0 Å². The van der Waals surface area contributed by atoms with E-state index in [1.807, 2.05) is 31.2 Å². The Bertz CT molecular complexity index is 489. The van der Waals surface area contributed by atoms with Gasteiger partial charge in [-0.15, -0.1) is 0 Å². The standard InChI is InChI=1S/C15H20N2O2S/c1-12-5-4-6-13(11-12)19-9-3-2-7-14(18)17-15-16-8-10-20-15/h4-6,11H,2-3,7-10H2,1H3,(H,16,17,18). The van der Waals surface area contributed by atoms with Crippen LogP contribution in [0.3, 0.4) is 0 Å². The summed E-state index contributed by atoms with van der Waals surface area (Å²) in [6.45, 7) is 3.50. The number of hydrogen-bond acceptors (Lipinski definition) is 4. The van der Waals surface area contributed by atoms with Crippen LogP contribution >= 0.6 is 11.8 Å². The number of amidine groups is 1. The molecule has 1 aromatic carbocycles. The first-order valence-electron chi connectivity index (χ1n) is 6.90. The highest BCUT2D eigenvalue weighted by molar-refractivity contribution is 8.14. The maximum absolute atomic E-state index is 11.6. The minimum Gasteiger partial charge on any atom is -0.494 e. The van der Waals surface area contributed by atoms with Crippen LogP contribution in [-0.4, -0.2) is 30.0 Å². The Balaban J connectivity index is 1.56. The molecular formula is C15H20N2O2S. The summed E-state index contributed by atoms with van der Waals surface area (Å²) in [5, 5.41) is 3.60. The smallest absolute Gasteiger partial charge is 0.225 e. The molecule has 20 heavy (non-hydrogen) atoms. The average Bonchev–Trinajstić information content (AvgIpc) is 2.91. The van der Waals surface area contributed by atoms with Crippen molar-refractivity contribution in [2.45, 2.75) is 26.2 Å². The molecule has 0 spiro atoms. The van der Waals surface area contributed by atoms with E-state index in [1.54, 1.807) is 11.8 Å². The van der Waals surface area contributed by atoms with E-state index in [2.05, 4.69) is 10.3 Å². The van der Waals surface area contributed by atoms with Crippen molar-refractivity contribution < 1.29 is 9.53 Å². The van der Waals surface area contributed by atoms with Crippen LogP contribution in [0, 0.1) is 6.92 Å². The Morgan fingerprint density at radius 1 is 1.45 bits per heavy atom. The molecule has 2 rings (SSSR count). The highest BCUT2D eigenvalue weighted by Gasteiger charge is 2.10. The molecule has 108 valence electrons. The van der Waals surface area contributed by atoms with Crippen LogP contribution in [-0.2, 0) is 4.79 Å². The largest absolute Gasteiger partial charge is 0.494 e. The number of hydrogen-bond donors (Lipinski definition) is 1. The van der Waals surface area contributed by atoms with Gasteiger partial charge in [-0.2, -0.15) is 0 Å². The van der Waals surface area contributed by atoms with Gasteiger partial charge in [0.1, 0.15) is 5.75 Å². The molecule has 1 heterocycles. The Kier molecular flexibility index (Phi) is 5.92. The van der Waals surface area contributed by atoms with Gasteiger partial charge in [0, 0.05) is 12.2 Å². The zero-order valence-electron chi connectivity index (χ0n) is 11.7. The lowest BCUT2D eigenvalue weighted by molar-refractivity contribution is -0.119. The first-order chi connectivity index (χ1) is 9.74. The van der Waals surface area contributed by atoms with Gasteiger partial charge in [0.2, 0.25) is 5.91 Å². The Morgan fingerprint density at radius 2 is 2.35 bits per heavy atom. The number of carbonyl (C=O) groups excluding carboxylic acids is 1. The van der Waals surface area contributed by atoms with Gasteiger partial charge in [-0.1, -0.05) is 23.9 Å². The molecule has 5 heteroatoms. The van der Waals surface area contributed by atoms with Crippen molar-refractivity contribution in [1.29, 1.82) is 0 Å². The second kappa shape index (κ2) is 7.94. The number of amides is 1. The van der Waals surface area contributed by atoms with Crippen molar-refractivity contribution in [3.05, 3.63) is 29.8 Å². The predicted octanol–water partition coefficient (Wildman–Crippen LogP) is 2.76. The maximum atomic E-state index is 11.6. The Hall–Kier alpha value is -1.49. The SMILES string of the molecule is Cc1cccc(OCCCCC(=O)NC2=NCCS2)c1. The third kappa shape index (κ3) is 5.25. The van der Waals surface area contributed by atoms with Gasteiger partial charge < -0.3 is 10.1 Å². The van der Waals surface area contributed by atoms with Crippen LogP contribution in [0.1, 0.15) is 24.8 Å². The van der Waals surface area contributed by atoms with Gasteiger partial charge in [0.05, 0.1) is 13.2 Å². The van der Waals surface area contributed by atoms with Crippen molar-refractivity contribution in [3.63, 3.8) is 0 Å². The van der Waals surface area contributed by atoms with E-state index in [4.69, 9.17) is 4.74 Å². The number of rotatable bonds is 6. The number of nitrogens with zero attached hydrogens (tertiary/aromatic N) is 1. The Labute approximate surface area is 124 Å². The number of aliphatic imine (C=N–C) groups is 1. The molecule has 1 aliphatic rings. The van der Waals surface area contributed by atoms with Crippen molar-refractivity contribution in [3.8, 4) is 5.75 Å². The number of carbonyl (C=O) groups is 1. The monoisotopic (exact) mass is 292 g/mol. The van der Waals surface area contributed by atoms with E-state index in [-0.39, 0.29) is 5.91 Å². The molecule has 1 aliphatic heterocycles. The van der Waals surface area contributed by atoms with Gasteiger partial charge >= 0.3 is 0 Å². The van der Waals surface area contributed by atoms with Crippen LogP contribution in [0.4, 0.5) is 0 Å². The molecule has 0 aliphatic carbocycles. The molecular weight excluding hydrogens is 272 g/mol. The second-order valence-electron chi connectivity index (χ2n) is 4.71. The first kappa shape index (κ1) is 14.9. The van der Waals surface area contributed by atoms with Crippen LogP contribution in [0.5, 0.6) is 5.75 Å². The zero-order valence-corrected chi connectivity index (χ0v) is 12.5. The Morgan fingerprint density at radius 3 is 3.10 bits per heavy atom. The quantitative estimate of drug-likeness (QED) is 0.820. The number of thioether (sulfide) groups is 1. The highest BCUT2D eigenvalue weighted by atomic mass is 32.2. The zero-order chi connectivity index (χ0) is 14.2. The van der Waals surface area contributed by atoms with Gasteiger partial charge in [-0.3, -0.25) is 9.79 Å². The molecule has 0 saturated heterocycles. The molecule has 4 nitrogen and oxygen atoms in total. The number of aryl methyl sites for hydroxylation is 1. The summed E-state index contributed by atoms with van der Waals surface area (Å²) in [4.78, 5) is 15.8. The van der Waals surface area contributed by atoms with Crippen molar-refractivity contribution in [2.75, 3.05) is 18.9 Å². The summed E-state index contributed by atoms with van der Waals surface area (Å²) in [5.74, 6) is 1.92. The summed E-state index contributed by atoms with van der Waals surface area (Å²) in [5.41, 5.74) is 1.19. The lowest BCUT2D eigenvalue weighted by Crippen LogP contribution is -2.27. The molecule has 1 amide bonds. The van der Waals surface area contributed by atoms with Crippen LogP contribution in [0.2, 0.25) is 0 Å². The average molecular weight is 292 g/mol. The van der Waals surface area contributed by atoms with Crippen molar-refractivity contribution in [1.82, 2.24) is 5.32 Å². The predicted molar refractivity (Wildman–Crippen MR) is 83.4 cm³/mol. The maximum Gasteiger partial charge on any atom is 0.225 e. The van der Waals surface area contributed by atoms with Gasteiger partial charge in [0.25, 0.3) is 0 Å². The van der Waals surface area contributed by atoms with Gasteiger partial charge in [-0.05, 0) is 37.5 Å². The lowest BCUT2D eigenvalue weighted by atomic mass is 10.2. The molecule has 0 bridgehead atoms. The highest BCUT2D eigenvalue weighted by Crippen LogP contribution is 2.13. The molecule has 0 fully saturated rings. The number of ether oxygens (including phenoxy) is 1. The van der Waals surface area contributed by atoms with Crippen LogP contribution in [0.25, 0.3) is 0 Å². The van der Waals surface area contributed by atoms with Crippen molar-refractivity contribution >= 4 is 22.8 Å². The first-order valence-corrected chi connectivity index (χ1v) is 7.89. The normalized spacial score (nSPS) is 13.9. The fourth-order valence-electron chi connectivity index (χ4n) is 1.88. The lowest BCUT2D eigenvalue weighted by Gasteiger charge is -2.07. The van der Waals surface area contributed by atoms with E-state index >= 15 is 0 Å². The molecule has 1 aromatic rings. The molecule has 0 aromatic heterocycles. The molecule has 0 saturated carbocycles. The molecule has 0 atom stereocenters. The summed E-state index contributed by atoms with van der Waals surface area (Å²) < 4.78 is 5.64. The molecule has 0 radical (unpaired) electrons. The van der Waals surface area contributed by atoms with Gasteiger partial charge in [-0.25, -0.2) is 0 Å². The summed E-state index contributed by atoms with van der Waals surface area (Å²) in [7, 11) is 0. The second-order valence-corrected chi connectivity index (χ2v) is 5.79. The number of benzene rings is 1. The number of unbranched alkanes of at least 4 members (excludes halogenated alkanes) is 1. The third-order valence-electron chi connectivity index (χ3n) is 2.89. The van der Waals surface area contributed by atoms with Crippen LogP contribution in [0.15, 0.2) is 29.3 Å². The number of nitrogens with one attached hydrogen (secondary N) is 1. The summed E-state index contributed by atoms with van der Waals surface area (Å²) in [6.07, 6.45) is 2.23. The van der Waals surface area contributed by atoms with Gasteiger partial charge in [0.15, 0.2) is 5.17 Å².